The first-order valence-corrected chi connectivity index (χ1v) is 15.3. The number of nitrogens with zero attached hydrogens (tertiary/aromatic N) is 1. The van der Waals surface area contributed by atoms with Crippen LogP contribution in [0.15, 0.2) is 96.9 Å². The van der Waals surface area contributed by atoms with Crippen LogP contribution in [-0.4, -0.2) is 24.5 Å². The first-order valence-electron chi connectivity index (χ1n) is 15.3. The smallest absolute Gasteiger partial charge is 0.123 e. The van der Waals surface area contributed by atoms with Crippen molar-refractivity contribution >= 4 is 0 Å². The molecule has 3 heteroatoms. The number of hydrogen-bond acceptors (Lipinski definition) is 2. The van der Waals surface area contributed by atoms with Crippen molar-refractivity contribution in [2.75, 3.05) is 19.6 Å². The minimum absolute atomic E-state index is 0.167. The quantitative estimate of drug-likeness (QED) is 0.374. The van der Waals surface area contributed by atoms with Crippen molar-refractivity contribution in [1.29, 1.82) is 0 Å². The van der Waals surface area contributed by atoms with Crippen molar-refractivity contribution in [1.82, 2.24) is 10.2 Å². The minimum atomic E-state index is -0.167. The van der Waals surface area contributed by atoms with Gasteiger partial charge in [-0.2, -0.15) is 0 Å². The third-order valence-electron chi connectivity index (χ3n) is 10.7. The lowest BCUT2D eigenvalue weighted by Crippen LogP contribution is -2.51. The van der Waals surface area contributed by atoms with Gasteiger partial charge >= 0.3 is 0 Å². The van der Waals surface area contributed by atoms with E-state index in [9.17, 15) is 4.39 Å². The number of rotatable bonds is 3. The minimum Gasteiger partial charge on any atom is -0.364 e. The Morgan fingerprint density at radius 3 is 2.42 bits per heavy atom. The Kier molecular flexibility index (Phi) is 6.02. The summed E-state index contributed by atoms with van der Waals surface area (Å²) in [6.45, 7) is 3.85. The molecule has 0 unspecified atom stereocenters. The molecule has 4 atom stereocenters. The fraction of sp³-hybridized carbons (Fsp3) is 0.351. The summed E-state index contributed by atoms with van der Waals surface area (Å²) in [6, 6.07) is 21.0. The van der Waals surface area contributed by atoms with Gasteiger partial charge in [0.1, 0.15) is 5.82 Å². The van der Waals surface area contributed by atoms with E-state index in [4.69, 9.17) is 0 Å². The first kappa shape index (κ1) is 24.4. The maximum Gasteiger partial charge on any atom is 0.123 e. The van der Waals surface area contributed by atoms with Crippen LogP contribution < -0.4 is 5.32 Å². The summed E-state index contributed by atoms with van der Waals surface area (Å²) in [5.41, 5.74) is 11.3. The summed E-state index contributed by atoms with van der Waals surface area (Å²) in [4.78, 5) is 2.73. The van der Waals surface area contributed by atoms with E-state index in [-0.39, 0.29) is 11.7 Å². The van der Waals surface area contributed by atoms with E-state index < -0.39 is 0 Å². The second kappa shape index (κ2) is 9.89. The van der Waals surface area contributed by atoms with Crippen molar-refractivity contribution in [2.24, 2.45) is 17.8 Å². The second-order valence-corrected chi connectivity index (χ2v) is 12.5. The lowest BCUT2D eigenvalue weighted by molar-refractivity contribution is 0.0102. The van der Waals surface area contributed by atoms with Crippen LogP contribution in [0.2, 0.25) is 0 Å². The van der Waals surface area contributed by atoms with Crippen LogP contribution in [-0.2, 0) is 12.8 Å². The summed E-state index contributed by atoms with van der Waals surface area (Å²) in [6.07, 6.45) is 17.0. The van der Waals surface area contributed by atoms with Crippen molar-refractivity contribution in [3.63, 3.8) is 0 Å². The van der Waals surface area contributed by atoms with E-state index in [1.165, 1.54) is 78.0 Å². The van der Waals surface area contributed by atoms with E-state index in [1.54, 1.807) is 17.7 Å². The Morgan fingerprint density at radius 2 is 1.60 bits per heavy atom. The van der Waals surface area contributed by atoms with Gasteiger partial charge in [-0.25, -0.2) is 4.39 Å². The van der Waals surface area contributed by atoms with Gasteiger partial charge in [0, 0.05) is 30.3 Å². The summed E-state index contributed by atoms with van der Waals surface area (Å²) >= 11 is 0. The molecule has 9 rings (SSSR count). The lowest BCUT2D eigenvalue weighted by atomic mass is 9.60. The Bertz CT molecular complexity index is 1520. The highest BCUT2D eigenvalue weighted by Gasteiger charge is 2.45. The molecule has 6 aliphatic rings. The van der Waals surface area contributed by atoms with E-state index in [1.807, 2.05) is 12.1 Å². The van der Waals surface area contributed by atoms with Gasteiger partial charge < -0.3 is 10.2 Å². The molecular formula is C37H37FN2. The van der Waals surface area contributed by atoms with Gasteiger partial charge in [0.15, 0.2) is 0 Å². The molecule has 0 amide bonds. The Morgan fingerprint density at radius 1 is 0.750 bits per heavy atom. The average molecular weight is 529 g/mol. The first-order chi connectivity index (χ1) is 19.7. The van der Waals surface area contributed by atoms with Crippen molar-refractivity contribution < 1.29 is 4.39 Å². The van der Waals surface area contributed by atoms with E-state index >= 15 is 0 Å². The van der Waals surface area contributed by atoms with Crippen LogP contribution in [0.4, 0.5) is 4.39 Å². The molecule has 40 heavy (non-hydrogen) atoms. The summed E-state index contributed by atoms with van der Waals surface area (Å²) in [7, 11) is 0. The molecule has 0 radical (unpaired) electrons. The fourth-order valence-corrected chi connectivity index (χ4v) is 8.86. The molecular weight excluding hydrogens is 491 g/mol. The van der Waals surface area contributed by atoms with Gasteiger partial charge in [-0.15, -0.1) is 0 Å². The number of nitrogens with one attached hydrogen (secondary N) is 1. The molecule has 2 nitrogen and oxygen atoms in total. The Labute approximate surface area is 237 Å². The van der Waals surface area contributed by atoms with Crippen LogP contribution in [0.1, 0.15) is 58.9 Å². The molecule has 2 bridgehead atoms. The van der Waals surface area contributed by atoms with Gasteiger partial charge in [-0.05, 0) is 126 Å². The molecule has 0 spiro atoms. The van der Waals surface area contributed by atoms with Gasteiger partial charge in [0.25, 0.3) is 0 Å². The van der Waals surface area contributed by atoms with E-state index in [0.717, 1.165) is 24.7 Å². The fourth-order valence-electron chi connectivity index (χ4n) is 8.86. The molecule has 3 aromatic carbocycles. The van der Waals surface area contributed by atoms with E-state index in [0.29, 0.717) is 11.8 Å². The highest BCUT2D eigenvalue weighted by Crippen LogP contribution is 2.53. The van der Waals surface area contributed by atoms with E-state index in [2.05, 4.69) is 77.1 Å². The maximum absolute atomic E-state index is 13.9. The topological polar surface area (TPSA) is 15.3 Å². The number of allylic oxidation sites excluding steroid dienone is 5. The summed E-state index contributed by atoms with van der Waals surface area (Å²) < 4.78 is 13.9. The molecule has 1 N–H and O–H groups in total. The van der Waals surface area contributed by atoms with Crippen LogP contribution in [0, 0.1) is 23.6 Å². The highest BCUT2D eigenvalue weighted by atomic mass is 19.1. The third kappa shape index (κ3) is 4.01. The van der Waals surface area contributed by atoms with Crippen LogP contribution in [0.25, 0.3) is 11.1 Å². The maximum atomic E-state index is 13.9. The molecule has 0 aromatic heterocycles. The number of benzene rings is 3. The van der Waals surface area contributed by atoms with Crippen LogP contribution >= 0.6 is 0 Å². The number of piperidine rings is 3. The number of hydrogen-bond donors (Lipinski definition) is 1. The molecule has 2 aliphatic carbocycles. The second-order valence-electron chi connectivity index (χ2n) is 12.5. The van der Waals surface area contributed by atoms with Gasteiger partial charge in [0.2, 0.25) is 0 Å². The van der Waals surface area contributed by atoms with Crippen LogP contribution in [0.3, 0.4) is 0 Å². The zero-order chi connectivity index (χ0) is 26.6. The molecule has 4 aliphatic heterocycles. The molecule has 202 valence electrons. The van der Waals surface area contributed by atoms with Crippen molar-refractivity contribution in [3.05, 3.63) is 130 Å². The number of halogens is 1. The predicted octanol–water partition coefficient (Wildman–Crippen LogP) is 7.73. The van der Waals surface area contributed by atoms with Gasteiger partial charge in [-0.3, -0.25) is 0 Å². The molecule has 4 heterocycles. The summed E-state index contributed by atoms with van der Waals surface area (Å²) in [5.74, 6) is 2.75. The zero-order valence-electron chi connectivity index (χ0n) is 23.0. The average Bonchev–Trinajstić information content (AvgIpc) is 3.30. The van der Waals surface area contributed by atoms with Gasteiger partial charge in [-0.1, -0.05) is 60.7 Å². The predicted molar refractivity (Wildman–Crippen MR) is 161 cm³/mol. The normalized spacial score (nSPS) is 30.0. The zero-order valence-corrected chi connectivity index (χ0v) is 23.0. The largest absolute Gasteiger partial charge is 0.364 e. The lowest BCUT2D eigenvalue weighted by Gasteiger charge is -2.51. The third-order valence-corrected chi connectivity index (χ3v) is 10.7. The SMILES string of the molecule is Fc1ccc([C@H]2Cc3c(ccc4c3CC[C@H]([C@@H]3CN5CCC3CC5)[C@H]4C3=CC=CC=CN3)-c3ccccc32)cc1. The molecule has 3 saturated heterocycles. The number of fused-ring (bicyclic) bond motifs is 8. The van der Waals surface area contributed by atoms with Crippen molar-refractivity contribution in [3.8, 4) is 11.1 Å². The Hall–Kier alpha value is -3.43. The van der Waals surface area contributed by atoms with Crippen molar-refractivity contribution in [2.45, 2.75) is 43.9 Å². The standard InChI is InChI=1S/C37H37FN2/c38-26-11-9-24(10-12-26)33-22-34-29(27-6-3-4-7-28(27)33)13-15-31-30(34)14-16-32(35-23-40-20-17-25(35)18-21-40)37(31)36-8-2-1-5-19-39-36/h1-13,15,19,25,32-33,35,37,39H,14,16-18,20-23H2/t32-,33-,35-,37+/m1/s1. The Balaban J connectivity index is 1.26. The van der Waals surface area contributed by atoms with Crippen LogP contribution in [0.5, 0.6) is 0 Å². The molecule has 3 aromatic rings. The summed E-state index contributed by atoms with van der Waals surface area (Å²) in [5, 5.41) is 3.71. The molecule has 0 saturated carbocycles. The molecule has 3 fully saturated rings. The highest BCUT2D eigenvalue weighted by molar-refractivity contribution is 5.77. The van der Waals surface area contributed by atoms with Gasteiger partial charge in [0.05, 0.1) is 0 Å². The monoisotopic (exact) mass is 528 g/mol.